The van der Waals surface area contributed by atoms with Crippen LogP contribution in [0.4, 0.5) is 0 Å². The van der Waals surface area contributed by atoms with Gasteiger partial charge in [0.05, 0.1) is 16.3 Å². The molecule has 0 spiro atoms. The standard InChI is InChI=1S/C9H14N2O2S2/c1-3-7-15(12,13)11-10-8(2)9-5-4-6-14-9/h4-6,11H,3,7H2,1-2H3/b10-8-. The molecule has 6 heteroatoms. The lowest BCUT2D eigenvalue weighted by Crippen LogP contribution is -2.22. The third-order valence-corrected chi connectivity index (χ3v) is 4.00. The summed E-state index contributed by atoms with van der Waals surface area (Å²) >= 11 is 1.53. The Balaban J connectivity index is 2.66. The highest BCUT2D eigenvalue weighted by atomic mass is 32.2. The summed E-state index contributed by atoms with van der Waals surface area (Å²) in [4.78, 5) is 3.18. The van der Waals surface area contributed by atoms with Crippen LogP contribution in [0.15, 0.2) is 22.6 Å². The molecule has 0 saturated heterocycles. The average molecular weight is 246 g/mol. The quantitative estimate of drug-likeness (QED) is 0.636. The number of thiophene rings is 1. The number of hydrogen-bond donors (Lipinski definition) is 1. The highest BCUT2D eigenvalue weighted by Gasteiger charge is 2.06. The lowest BCUT2D eigenvalue weighted by atomic mass is 10.3. The molecule has 1 rings (SSSR count). The normalized spacial score (nSPS) is 12.8. The second kappa shape index (κ2) is 5.27. The van der Waals surface area contributed by atoms with Gasteiger partial charge in [-0.15, -0.1) is 11.3 Å². The lowest BCUT2D eigenvalue weighted by molar-refractivity contribution is 0.583. The predicted octanol–water partition coefficient (Wildman–Crippen LogP) is 1.80. The van der Waals surface area contributed by atoms with Gasteiger partial charge in [0.25, 0.3) is 0 Å². The molecule has 0 fully saturated rings. The first-order valence-corrected chi connectivity index (χ1v) is 7.16. The fourth-order valence-electron chi connectivity index (χ4n) is 0.992. The Morgan fingerprint density at radius 1 is 1.60 bits per heavy atom. The monoisotopic (exact) mass is 246 g/mol. The molecule has 0 aromatic carbocycles. The van der Waals surface area contributed by atoms with Crippen LogP contribution >= 0.6 is 11.3 Å². The van der Waals surface area contributed by atoms with Gasteiger partial charge in [-0.2, -0.15) is 5.10 Å². The molecule has 0 saturated carbocycles. The Morgan fingerprint density at radius 2 is 2.33 bits per heavy atom. The number of nitrogens with zero attached hydrogens (tertiary/aromatic N) is 1. The average Bonchev–Trinajstić information content (AvgIpc) is 2.67. The molecule has 1 N–H and O–H groups in total. The Bertz CT molecular complexity index is 421. The van der Waals surface area contributed by atoms with Crippen LogP contribution in [-0.2, 0) is 10.0 Å². The van der Waals surface area contributed by atoms with E-state index in [0.29, 0.717) is 12.1 Å². The Kier molecular flexibility index (Phi) is 4.28. The van der Waals surface area contributed by atoms with Crippen LogP contribution in [0, 0.1) is 0 Å². The van der Waals surface area contributed by atoms with Gasteiger partial charge in [0.1, 0.15) is 0 Å². The molecule has 0 aliphatic rings. The van der Waals surface area contributed by atoms with Crippen molar-refractivity contribution in [1.29, 1.82) is 0 Å². The van der Waals surface area contributed by atoms with Crippen molar-refractivity contribution < 1.29 is 8.42 Å². The van der Waals surface area contributed by atoms with E-state index in [-0.39, 0.29) is 5.75 Å². The lowest BCUT2D eigenvalue weighted by Gasteiger charge is -2.02. The fourth-order valence-corrected chi connectivity index (χ4v) is 2.57. The highest BCUT2D eigenvalue weighted by Crippen LogP contribution is 2.09. The zero-order valence-electron chi connectivity index (χ0n) is 8.73. The molecule has 0 radical (unpaired) electrons. The van der Waals surface area contributed by atoms with Crippen LogP contribution in [0.3, 0.4) is 0 Å². The maximum atomic E-state index is 11.3. The molecule has 1 aromatic heterocycles. The predicted molar refractivity (Wildman–Crippen MR) is 63.7 cm³/mol. The van der Waals surface area contributed by atoms with Gasteiger partial charge in [-0.25, -0.2) is 13.2 Å². The van der Waals surface area contributed by atoms with Gasteiger partial charge in [0.2, 0.25) is 10.0 Å². The molecule has 0 unspecified atom stereocenters. The zero-order valence-corrected chi connectivity index (χ0v) is 10.4. The molecule has 0 aliphatic carbocycles. The second-order valence-electron chi connectivity index (χ2n) is 3.08. The number of nitrogens with one attached hydrogen (secondary N) is 1. The molecule has 1 heterocycles. The van der Waals surface area contributed by atoms with Crippen molar-refractivity contribution in [3.05, 3.63) is 22.4 Å². The molecule has 0 amide bonds. The van der Waals surface area contributed by atoms with Gasteiger partial charge < -0.3 is 0 Å². The summed E-state index contributed by atoms with van der Waals surface area (Å²) in [5.41, 5.74) is 0.685. The van der Waals surface area contributed by atoms with Gasteiger partial charge >= 0.3 is 0 Å². The summed E-state index contributed by atoms with van der Waals surface area (Å²) in [5, 5.41) is 5.77. The number of sulfonamides is 1. The summed E-state index contributed by atoms with van der Waals surface area (Å²) in [7, 11) is -3.25. The van der Waals surface area contributed by atoms with Crippen LogP contribution in [0.2, 0.25) is 0 Å². The summed E-state index contributed by atoms with van der Waals surface area (Å²) in [5.74, 6) is 0.105. The van der Waals surface area contributed by atoms with Crippen LogP contribution in [0.25, 0.3) is 0 Å². The summed E-state index contributed by atoms with van der Waals surface area (Å²) in [6.45, 7) is 3.59. The van der Waals surface area contributed by atoms with E-state index in [1.807, 2.05) is 24.4 Å². The molecule has 0 bridgehead atoms. The van der Waals surface area contributed by atoms with Gasteiger partial charge in [-0.3, -0.25) is 0 Å². The summed E-state index contributed by atoms with van der Waals surface area (Å²) in [6.07, 6.45) is 0.586. The Labute approximate surface area is 94.1 Å². The number of hydrogen-bond acceptors (Lipinski definition) is 4. The molecule has 0 atom stereocenters. The van der Waals surface area contributed by atoms with Crippen molar-refractivity contribution in [2.45, 2.75) is 20.3 Å². The molecular formula is C9H14N2O2S2. The maximum absolute atomic E-state index is 11.3. The number of hydrazone groups is 1. The van der Waals surface area contributed by atoms with E-state index < -0.39 is 10.0 Å². The van der Waals surface area contributed by atoms with Crippen molar-refractivity contribution in [1.82, 2.24) is 4.83 Å². The van der Waals surface area contributed by atoms with E-state index in [9.17, 15) is 8.42 Å². The van der Waals surface area contributed by atoms with Crippen molar-refractivity contribution in [3.8, 4) is 0 Å². The fraction of sp³-hybridized carbons (Fsp3) is 0.444. The van der Waals surface area contributed by atoms with E-state index in [4.69, 9.17) is 0 Å². The van der Waals surface area contributed by atoms with E-state index >= 15 is 0 Å². The minimum atomic E-state index is -3.25. The minimum absolute atomic E-state index is 0.105. The summed E-state index contributed by atoms with van der Waals surface area (Å²) in [6, 6.07) is 3.80. The molecule has 15 heavy (non-hydrogen) atoms. The van der Waals surface area contributed by atoms with E-state index in [1.54, 1.807) is 6.92 Å². The van der Waals surface area contributed by atoms with E-state index in [1.165, 1.54) is 11.3 Å². The number of rotatable bonds is 5. The second-order valence-corrected chi connectivity index (χ2v) is 5.85. The van der Waals surface area contributed by atoms with Gasteiger partial charge in [-0.1, -0.05) is 13.0 Å². The molecule has 84 valence electrons. The Morgan fingerprint density at radius 3 is 2.87 bits per heavy atom. The smallest absolute Gasteiger partial charge is 0.205 e. The van der Waals surface area contributed by atoms with Crippen LogP contribution in [0.5, 0.6) is 0 Å². The van der Waals surface area contributed by atoms with Gasteiger partial charge in [-0.05, 0) is 24.8 Å². The maximum Gasteiger partial charge on any atom is 0.247 e. The Hall–Kier alpha value is -0.880. The summed E-state index contributed by atoms with van der Waals surface area (Å²) < 4.78 is 22.6. The first-order valence-electron chi connectivity index (χ1n) is 4.63. The highest BCUT2D eigenvalue weighted by molar-refractivity contribution is 7.89. The minimum Gasteiger partial charge on any atom is -0.205 e. The topological polar surface area (TPSA) is 58.5 Å². The SMILES string of the molecule is CCCS(=O)(=O)N/N=C(/C)c1cccs1. The zero-order chi connectivity index (χ0) is 11.3. The van der Waals surface area contributed by atoms with Gasteiger partial charge in [0.15, 0.2) is 0 Å². The van der Waals surface area contributed by atoms with Crippen molar-refractivity contribution >= 4 is 27.1 Å². The molecule has 0 aliphatic heterocycles. The molecular weight excluding hydrogens is 232 g/mol. The third kappa shape index (κ3) is 4.01. The van der Waals surface area contributed by atoms with Gasteiger partial charge in [0, 0.05) is 0 Å². The van der Waals surface area contributed by atoms with Crippen LogP contribution in [-0.4, -0.2) is 19.9 Å². The first-order chi connectivity index (χ1) is 7.05. The van der Waals surface area contributed by atoms with Crippen LogP contribution < -0.4 is 4.83 Å². The van der Waals surface area contributed by atoms with E-state index in [0.717, 1.165) is 4.88 Å². The van der Waals surface area contributed by atoms with Crippen molar-refractivity contribution in [3.63, 3.8) is 0 Å². The van der Waals surface area contributed by atoms with Crippen LogP contribution in [0.1, 0.15) is 25.1 Å². The molecule has 4 nitrogen and oxygen atoms in total. The molecule has 1 aromatic rings. The first kappa shape index (κ1) is 12.2. The third-order valence-electron chi connectivity index (χ3n) is 1.70. The van der Waals surface area contributed by atoms with E-state index in [2.05, 4.69) is 9.93 Å². The van der Waals surface area contributed by atoms with Crippen molar-refractivity contribution in [2.75, 3.05) is 5.75 Å². The largest absolute Gasteiger partial charge is 0.247 e. The van der Waals surface area contributed by atoms with Crippen molar-refractivity contribution in [2.24, 2.45) is 5.10 Å².